The summed E-state index contributed by atoms with van der Waals surface area (Å²) in [6.45, 7) is 1.72. The maximum Gasteiger partial charge on any atom is 0.275 e. The van der Waals surface area contributed by atoms with Gasteiger partial charge in [0.25, 0.3) is 5.91 Å². The van der Waals surface area contributed by atoms with E-state index in [2.05, 4.69) is 15.6 Å². The lowest BCUT2D eigenvalue weighted by Crippen LogP contribution is -2.17. The van der Waals surface area contributed by atoms with Gasteiger partial charge in [0.1, 0.15) is 16.7 Å². The highest BCUT2D eigenvalue weighted by molar-refractivity contribution is 6.32. The Morgan fingerprint density at radius 1 is 1.26 bits per heavy atom. The summed E-state index contributed by atoms with van der Waals surface area (Å²) in [5.74, 6) is -1.22. The number of amides is 1. The van der Waals surface area contributed by atoms with E-state index in [1.54, 1.807) is 6.92 Å². The number of rotatable bonds is 4. The number of carbonyl (C=O) groups is 1. The Labute approximate surface area is 163 Å². The van der Waals surface area contributed by atoms with Gasteiger partial charge in [-0.15, -0.1) is 0 Å². The van der Waals surface area contributed by atoms with Crippen molar-refractivity contribution in [3.05, 3.63) is 75.3 Å². The summed E-state index contributed by atoms with van der Waals surface area (Å²) in [7, 11) is 0. The largest absolute Gasteiger partial charge is 0.507 e. The van der Waals surface area contributed by atoms with Gasteiger partial charge in [-0.25, -0.2) is 14.5 Å². The van der Waals surface area contributed by atoms with Crippen molar-refractivity contribution in [1.82, 2.24) is 15.2 Å². The first-order valence-corrected chi connectivity index (χ1v) is 8.45. The van der Waals surface area contributed by atoms with Gasteiger partial charge < -0.3 is 5.11 Å². The van der Waals surface area contributed by atoms with E-state index in [0.717, 1.165) is 0 Å². The average molecular weight is 407 g/mol. The number of hydrazone groups is 1. The number of phenolic OH excluding ortho intramolecular Hbond substituents is 1. The van der Waals surface area contributed by atoms with E-state index in [9.17, 15) is 14.3 Å². The molecule has 0 spiro atoms. The highest BCUT2D eigenvalue weighted by atomic mass is 35.5. The Hall–Kier alpha value is -2.90. The third kappa shape index (κ3) is 4.10. The van der Waals surface area contributed by atoms with Crippen LogP contribution in [0.25, 0.3) is 5.69 Å². The molecule has 1 aromatic heterocycles. The second kappa shape index (κ2) is 7.77. The molecule has 0 saturated carbocycles. The van der Waals surface area contributed by atoms with Crippen molar-refractivity contribution < 1.29 is 14.3 Å². The van der Waals surface area contributed by atoms with Crippen LogP contribution in [0.4, 0.5) is 4.39 Å². The van der Waals surface area contributed by atoms with E-state index < -0.39 is 5.91 Å². The minimum absolute atomic E-state index is 0.00974. The SMILES string of the molecule is Cc1nn(-c2ccc(F)cc2)c(Cl)c1/C=N\NC(=O)c1cc(Cl)ccc1O. The average Bonchev–Trinajstić information content (AvgIpc) is 2.92. The third-order valence-electron chi connectivity index (χ3n) is 3.68. The van der Waals surface area contributed by atoms with Crippen LogP contribution in [0.15, 0.2) is 47.6 Å². The molecule has 0 saturated heterocycles. The second-order valence-electron chi connectivity index (χ2n) is 5.54. The number of carbonyl (C=O) groups excluding carboxylic acids is 1. The molecule has 0 unspecified atom stereocenters. The monoisotopic (exact) mass is 406 g/mol. The number of aromatic nitrogens is 2. The summed E-state index contributed by atoms with van der Waals surface area (Å²) in [5.41, 5.74) is 3.91. The fraction of sp³-hybridized carbons (Fsp3) is 0.0556. The molecule has 1 heterocycles. The van der Waals surface area contributed by atoms with E-state index in [1.807, 2.05) is 0 Å². The Kier molecular flexibility index (Phi) is 5.43. The van der Waals surface area contributed by atoms with Crippen LogP contribution in [0.2, 0.25) is 10.2 Å². The number of benzene rings is 2. The number of halogens is 3. The molecule has 9 heteroatoms. The fourth-order valence-corrected chi connectivity index (χ4v) is 2.81. The third-order valence-corrected chi connectivity index (χ3v) is 4.28. The van der Waals surface area contributed by atoms with Crippen LogP contribution in [0, 0.1) is 12.7 Å². The maximum absolute atomic E-state index is 13.1. The summed E-state index contributed by atoms with van der Waals surface area (Å²) < 4.78 is 14.5. The molecule has 0 aliphatic carbocycles. The molecular formula is C18H13Cl2FN4O2. The lowest BCUT2D eigenvalue weighted by Gasteiger charge is -2.03. The molecule has 0 atom stereocenters. The number of aryl methyl sites for hydroxylation is 1. The molecule has 0 aliphatic rings. The molecule has 2 N–H and O–H groups in total. The van der Waals surface area contributed by atoms with Gasteiger partial charge in [0.15, 0.2) is 0 Å². The maximum atomic E-state index is 13.1. The molecule has 0 bridgehead atoms. The van der Waals surface area contributed by atoms with Crippen LogP contribution in [0.3, 0.4) is 0 Å². The molecular weight excluding hydrogens is 394 g/mol. The summed E-state index contributed by atoms with van der Waals surface area (Å²) >= 11 is 12.1. The van der Waals surface area contributed by atoms with Crippen LogP contribution >= 0.6 is 23.2 Å². The Bertz CT molecular complexity index is 1030. The Balaban J connectivity index is 1.80. The molecule has 138 valence electrons. The molecule has 0 fully saturated rings. The molecule has 27 heavy (non-hydrogen) atoms. The van der Waals surface area contributed by atoms with Gasteiger partial charge in [-0.1, -0.05) is 23.2 Å². The molecule has 6 nitrogen and oxygen atoms in total. The zero-order chi connectivity index (χ0) is 19.6. The van der Waals surface area contributed by atoms with Gasteiger partial charge in [-0.2, -0.15) is 10.2 Å². The van der Waals surface area contributed by atoms with Crippen molar-refractivity contribution in [2.75, 3.05) is 0 Å². The molecule has 3 aromatic rings. The predicted octanol–water partition coefficient (Wildman–Crippen LogP) is 4.10. The minimum Gasteiger partial charge on any atom is -0.507 e. The standard InChI is InChI=1S/C18H13Cl2FN4O2/c1-10-15(17(20)25(24-10)13-5-3-12(21)4-6-13)9-22-23-18(27)14-8-11(19)2-7-16(14)26/h2-9,26H,1H3,(H,23,27)/b22-9-. The van der Waals surface area contributed by atoms with Crippen LogP contribution in [0.1, 0.15) is 21.6 Å². The zero-order valence-electron chi connectivity index (χ0n) is 13.9. The highest BCUT2D eigenvalue weighted by Gasteiger charge is 2.14. The van der Waals surface area contributed by atoms with Crippen LogP contribution < -0.4 is 5.43 Å². The molecule has 0 aliphatic heterocycles. The first-order valence-electron chi connectivity index (χ1n) is 7.70. The first kappa shape index (κ1) is 18.9. The number of hydrogen-bond donors (Lipinski definition) is 2. The van der Waals surface area contributed by atoms with Crippen LogP contribution in [0.5, 0.6) is 5.75 Å². The first-order chi connectivity index (χ1) is 12.9. The summed E-state index contributed by atoms with van der Waals surface area (Å²) in [5, 5.41) is 18.4. The van der Waals surface area contributed by atoms with Crippen LogP contribution in [-0.4, -0.2) is 27.0 Å². The number of aromatic hydroxyl groups is 1. The number of nitrogens with one attached hydrogen (secondary N) is 1. The Morgan fingerprint density at radius 2 is 1.96 bits per heavy atom. The van der Waals surface area contributed by atoms with E-state index >= 15 is 0 Å². The number of nitrogens with zero attached hydrogens (tertiary/aromatic N) is 3. The Morgan fingerprint density at radius 3 is 2.67 bits per heavy atom. The van der Waals surface area contributed by atoms with Crippen molar-refractivity contribution >= 4 is 35.3 Å². The smallest absolute Gasteiger partial charge is 0.275 e. The van der Waals surface area contributed by atoms with E-state index in [-0.39, 0.29) is 22.3 Å². The van der Waals surface area contributed by atoms with Crippen molar-refractivity contribution in [3.8, 4) is 11.4 Å². The summed E-state index contributed by atoms with van der Waals surface area (Å²) in [4.78, 5) is 12.1. The van der Waals surface area contributed by atoms with E-state index in [1.165, 1.54) is 53.4 Å². The zero-order valence-corrected chi connectivity index (χ0v) is 15.5. The van der Waals surface area contributed by atoms with Gasteiger partial charge in [0, 0.05) is 5.02 Å². The summed E-state index contributed by atoms with van der Waals surface area (Å²) in [6, 6.07) is 9.78. The number of phenols is 1. The molecule has 1 amide bonds. The minimum atomic E-state index is -0.633. The van der Waals surface area contributed by atoms with Crippen LogP contribution in [-0.2, 0) is 0 Å². The molecule has 3 rings (SSSR count). The van der Waals surface area contributed by atoms with Crippen molar-refractivity contribution in [3.63, 3.8) is 0 Å². The van der Waals surface area contributed by atoms with Gasteiger partial charge in [-0.05, 0) is 49.4 Å². The van der Waals surface area contributed by atoms with Crippen molar-refractivity contribution in [1.29, 1.82) is 0 Å². The highest BCUT2D eigenvalue weighted by Crippen LogP contribution is 2.23. The van der Waals surface area contributed by atoms with Crippen molar-refractivity contribution in [2.45, 2.75) is 6.92 Å². The normalized spacial score (nSPS) is 11.1. The second-order valence-corrected chi connectivity index (χ2v) is 6.33. The molecule has 2 aromatic carbocycles. The van der Waals surface area contributed by atoms with Gasteiger partial charge >= 0.3 is 0 Å². The summed E-state index contributed by atoms with van der Waals surface area (Å²) in [6.07, 6.45) is 1.34. The lowest BCUT2D eigenvalue weighted by atomic mass is 10.2. The van der Waals surface area contributed by atoms with E-state index in [4.69, 9.17) is 23.2 Å². The number of hydrogen-bond acceptors (Lipinski definition) is 4. The van der Waals surface area contributed by atoms with Gasteiger partial charge in [0.05, 0.1) is 28.7 Å². The van der Waals surface area contributed by atoms with Gasteiger partial charge in [-0.3, -0.25) is 4.79 Å². The lowest BCUT2D eigenvalue weighted by molar-refractivity contribution is 0.0952. The topological polar surface area (TPSA) is 79.5 Å². The quantitative estimate of drug-likeness (QED) is 0.505. The predicted molar refractivity (Wildman–Crippen MR) is 101 cm³/mol. The fourth-order valence-electron chi connectivity index (χ4n) is 2.32. The van der Waals surface area contributed by atoms with E-state index in [0.29, 0.717) is 22.0 Å². The van der Waals surface area contributed by atoms with Gasteiger partial charge in [0.2, 0.25) is 0 Å². The van der Waals surface area contributed by atoms with Crippen molar-refractivity contribution in [2.24, 2.45) is 5.10 Å². The molecule has 0 radical (unpaired) electrons.